The maximum absolute atomic E-state index is 13.3. The van der Waals surface area contributed by atoms with Crippen molar-refractivity contribution in [3.8, 4) is 11.5 Å². The van der Waals surface area contributed by atoms with E-state index in [2.05, 4.69) is 12.2 Å². The van der Waals surface area contributed by atoms with Gasteiger partial charge in [-0.3, -0.25) is 4.98 Å². The summed E-state index contributed by atoms with van der Waals surface area (Å²) < 4.78 is 21.9. The van der Waals surface area contributed by atoms with Gasteiger partial charge in [0.2, 0.25) is 0 Å². The van der Waals surface area contributed by atoms with Gasteiger partial charge in [0.05, 0.1) is 37.7 Å². The first-order chi connectivity index (χ1) is 19.2. The number of rotatable bonds is 12. The molecule has 0 amide bonds. The molecule has 1 saturated heterocycles. The number of nitrogens with zero attached hydrogens (tertiary/aromatic N) is 2. The lowest BCUT2D eigenvalue weighted by Gasteiger charge is -2.34. The highest BCUT2D eigenvalue weighted by atomic mass is 16.7. The summed E-state index contributed by atoms with van der Waals surface area (Å²) in [6.45, 7) is 6.10. The molecule has 0 radical (unpaired) electrons. The quantitative estimate of drug-likeness (QED) is 0.131. The highest BCUT2D eigenvalue weighted by Gasteiger charge is 2.42. The summed E-state index contributed by atoms with van der Waals surface area (Å²) in [5, 5.41) is 4.33. The molecule has 1 aromatic heterocycles. The molecule has 9 nitrogen and oxygen atoms in total. The van der Waals surface area contributed by atoms with Gasteiger partial charge in [-0.1, -0.05) is 50.5 Å². The number of hydrogen-bond donors (Lipinski definition) is 1. The number of nitrogens with one attached hydrogen (secondary N) is 1. The molecule has 2 heterocycles. The van der Waals surface area contributed by atoms with Crippen LogP contribution in [0.4, 0.5) is 5.69 Å². The number of fused-ring (bicyclic) bond motifs is 1. The summed E-state index contributed by atoms with van der Waals surface area (Å²) in [7, 11) is 3.11. The van der Waals surface area contributed by atoms with Gasteiger partial charge in [0.25, 0.3) is 5.79 Å². The molecule has 0 aliphatic carbocycles. The minimum atomic E-state index is -1.37. The van der Waals surface area contributed by atoms with Crippen LogP contribution >= 0.6 is 0 Å². The lowest BCUT2D eigenvalue weighted by molar-refractivity contribution is -0.222. The Morgan fingerprint density at radius 1 is 0.950 bits per heavy atom. The molecule has 40 heavy (non-hydrogen) atoms. The van der Waals surface area contributed by atoms with E-state index in [0.29, 0.717) is 30.3 Å². The van der Waals surface area contributed by atoms with Gasteiger partial charge in [0.1, 0.15) is 17.3 Å². The first-order valence-corrected chi connectivity index (χ1v) is 13.5. The fourth-order valence-electron chi connectivity index (χ4n) is 4.57. The summed E-state index contributed by atoms with van der Waals surface area (Å²) in [5.74, 6) is -1.55. The molecule has 212 valence electrons. The van der Waals surface area contributed by atoms with Crippen LogP contribution in [0.1, 0.15) is 52.1 Å². The van der Waals surface area contributed by atoms with E-state index in [0.717, 1.165) is 42.3 Å². The van der Waals surface area contributed by atoms with E-state index in [9.17, 15) is 9.59 Å². The van der Waals surface area contributed by atoms with Crippen LogP contribution in [0.2, 0.25) is 0 Å². The number of ether oxygens (including phenoxy) is 4. The number of cyclic esters (lactones) is 2. The molecule has 1 N–H and O–H groups in total. The van der Waals surface area contributed by atoms with Crippen LogP contribution in [0.3, 0.4) is 0 Å². The number of carbonyl (C=O) groups is 2. The third-order valence-electron chi connectivity index (χ3n) is 6.59. The third kappa shape index (κ3) is 6.83. The van der Waals surface area contributed by atoms with Gasteiger partial charge in [-0.05, 0) is 30.7 Å². The summed E-state index contributed by atoms with van der Waals surface area (Å²) in [6, 6.07) is 17.1. The Hall–Kier alpha value is -4.27. The fourth-order valence-corrected chi connectivity index (χ4v) is 4.57. The molecule has 4 rings (SSSR count). The van der Waals surface area contributed by atoms with Gasteiger partial charge in [-0.2, -0.15) is 0 Å². The van der Waals surface area contributed by atoms with E-state index in [1.807, 2.05) is 41.3 Å². The van der Waals surface area contributed by atoms with Crippen LogP contribution in [0.25, 0.3) is 10.9 Å². The van der Waals surface area contributed by atoms with Crippen molar-refractivity contribution in [2.24, 2.45) is 0 Å². The van der Waals surface area contributed by atoms with Crippen molar-refractivity contribution in [1.82, 2.24) is 9.88 Å². The number of esters is 2. The fraction of sp³-hybridized carbons (Fsp3) is 0.387. The number of aromatic nitrogens is 1. The van der Waals surface area contributed by atoms with Gasteiger partial charge in [0.15, 0.2) is 5.57 Å². The maximum atomic E-state index is 13.3. The summed E-state index contributed by atoms with van der Waals surface area (Å²) in [5.41, 5.74) is 1.98. The van der Waals surface area contributed by atoms with Crippen molar-refractivity contribution in [3.63, 3.8) is 0 Å². The Kier molecular flexibility index (Phi) is 9.14. The van der Waals surface area contributed by atoms with Crippen molar-refractivity contribution in [2.75, 3.05) is 26.1 Å². The molecule has 0 bridgehead atoms. The predicted octanol–water partition coefficient (Wildman–Crippen LogP) is 5.79. The molecule has 3 aromatic rings. The van der Waals surface area contributed by atoms with Gasteiger partial charge in [-0.25, -0.2) is 9.59 Å². The molecular weight excluding hydrogens is 510 g/mol. The Morgan fingerprint density at radius 3 is 2.40 bits per heavy atom. The van der Waals surface area contributed by atoms with Gasteiger partial charge >= 0.3 is 11.9 Å². The maximum Gasteiger partial charge on any atom is 0.352 e. The van der Waals surface area contributed by atoms with E-state index >= 15 is 0 Å². The van der Waals surface area contributed by atoms with Gasteiger partial charge in [-0.15, -0.1) is 0 Å². The third-order valence-corrected chi connectivity index (χ3v) is 6.59. The topological polar surface area (TPSA) is 99.2 Å². The second kappa shape index (κ2) is 12.7. The first-order valence-electron chi connectivity index (χ1n) is 13.5. The summed E-state index contributed by atoms with van der Waals surface area (Å²) in [4.78, 5) is 33.4. The molecule has 1 fully saturated rings. The van der Waals surface area contributed by atoms with Crippen LogP contribution in [0.5, 0.6) is 11.5 Å². The molecule has 1 aliphatic rings. The van der Waals surface area contributed by atoms with E-state index in [-0.39, 0.29) is 11.4 Å². The van der Waals surface area contributed by atoms with Crippen molar-refractivity contribution in [1.29, 1.82) is 0 Å². The molecule has 9 heteroatoms. The molecule has 0 spiro atoms. The number of methoxy groups -OCH3 is 2. The molecule has 0 saturated carbocycles. The largest absolute Gasteiger partial charge is 0.497 e. The number of pyridine rings is 1. The number of carbonyl (C=O) groups excluding carboxylic acids is 2. The van der Waals surface area contributed by atoms with Gasteiger partial charge < -0.3 is 29.2 Å². The zero-order valence-corrected chi connectivity index (χ0v) is 23.8. The second-order valence-electron chi connectivity index (χ2n) is 10.1. The molecule has 2 aromatic carbocycles. The zero-order valence-electron chi connectivity index (χ0n) is 23.8. The molecule has 0 unspecified atom stereocenters. The number of unbranched alkanes of at least 4 members (excludes halogenated alkanes) is 3. The van der Waals surface area contributed by atoms with Crippen molar-refractivity contribution in [3.05, 3.63) is 71.7 Å². The van der Waals surface area contributed by atoms with Crippen molar-refractivity contribution < 1.29 is 28.5 Å². The minimum Gasteiger partial charge on any atom is -0.497 e. The summed E-state index contributed by atoms with van der Waals surface area (Å²) >= 11 is 0. The van der Waals surface area contributed by atoms with Crippen LogP contribution in [0, 0.1) is 0 Å². The highest BCUT2D eigenvalue weighted by Crippen LogP contribution is 2.33. The lowest BCUT2D eigenvalue weighted by atomic mass is 10.1. The zero-order chi connectivity index (χ0) is 28.7. The Bertz CT molecular complexity index is 1380. The van der Waals surface area contributed by atoms with E-state index in [1.54, 1.807) is 32.4 Å². The standard InChI is InChI=1S/C31H37N3O6/c1-6-7-8-11-18-34(20-22-15-14-21-12-9-10-13-24(21)32-22)28(27-29(35)39-31(2,3)40-30(27)36)33-25-17-16-23(37-4)19-26(25)38-5/h9-10,12-17,19,33H,6-8,11,18,20H2,1-5H3. The highest BCUT2D eigenvalue weighted by molar-refractivity contribution is 6.16. The van der Waals surface area contributed by atoms with E-state index in [4.69, 9.17) is 23.9 Å². The lowest BCUT2D eigenvalue weighted by Crippen LogP contribution is -2.44. The van der Waals surface area contributed by atoms with Crippen molar-refractivity contribution >= 4 is 28.5 Å². The number of anilines is 1. The SMILES string of the molecule is CCCCCCN(Cc1ccc2ccccc2n1)C(Nc1ccc(OC)cc1OC)=C1C(=O)OC(C)(C)OC1=O. The molecular formula is C31H37N3O6. The second-order valence-corrected chi connectivity index (χ2v) is 10.1. The Morgan fingerprint density at radius 2 is 1.70 bits per heavy atom. The molecule has 0 atom stereocenters. The minimum absolute atomic E-state index is 0.214. The van der Waals surface area contributed by atoms with Crippen LogP contribution in [-0.2, 0) is 25.6 Å². The van der Waals surface area contributed by atoms with Crippen LogP contribution < -0.4 is 14.8 Å². The van der Waals surface area contributed by atoms with Crippen molar-refractivity contribution in [2.45, 2.75) is 58.8 Å². The monoisotopic (exact) mass is 547 g/mol. The Labute approximate surface area is 235 Å². The normalized spacial score (nSPS) is 14.4. The van der Waals surface area contributed by atoms with Crippen LogP contribution in [0.15, 0.2) is 66.0 Å². The number of para-hydroxylation sites is 1. The number of benzene rings is 2. The van der Waals surface area contributed by atoms with Gasteiger partial charge in [0, 0.05) is 31.8 Å². The average molecular weight is 548 g/mol. The average Bonchev–Trinajstić information content (AvgIpc) is 2.93. The summed E-state index contributed by atoms with van der Waals surface area (Å²) in [6.07, 6.45) is 3.99. The first kappa shape index (κ1) is 28.7. The van der Waals surface area contributed by atoms with E-state index < -0.39 is 17.7 Å². The molecule has 1 aliphatic heterocycles. The number of hydrogen-bond acceptors (Lipinski definition) is 9. The predicted molar refractivity (Wildman–Crippen MR) is 153 cm³/mol. The Balaban J connectivity index is 1.81. The van der Waals surface area contributed by atoms with Crippen LogP contribution in [-0.4, -0.2) is 48.4 Å². The smallest absolute Gasteiger partial charge is 0.352 e. The van der Waals surface area contributed by atoms with E-state index in [1.165, 1.54) is 13.8 Å².